The number of aromatic nitrogens is 2. The third kappa shape index (κ3) is 1.49. The van der Waals surface area contributed by atoms with E-state index in [1.807, 2.05) is 0 Å². The van der Waals surface area contributed by atoms with E-state index in [-0.39, 0.29) is 16.3 Å². The maximum absolute atomic E-state index is 12.0. The van der Waals surface area contributed by atoms with Gasteiger partial charge in [0.15, 0.2) is 11.5 Å². The Bertz CT molecular complexity index is 712. The lowest BCUT2D eigenvalue weighted by Crippen LogP contribution is -2.36. The van der Waals surface area contributed by atoms with Gasteiger partial charge in [-0.05, 0) is 19.1 Å². The van der Waals surface area contributed by atoms with Gasteiger partial charge >= 0.3 is 0 Å². The lowest BCUT2D eigenvalue weighted by molar-refractivity contribution is 0.404. The Morgan fingerprint density at radius 1 is 1.06 bits per heavy atom. The van der Waals surface area contributed by atoms with Crippen LogP contribution in [-0.4, -0.2) is 19.6 Å². The zero-order valence-corrected chi connectivity index (χ0v) is 9.47. The number of aromatic hydroxyl groups is 2. The molecule has 17 heavy (non-hydrogen) atoms. The van der Waals surface area contributed by atoms with Crippen molar-refractivity contribution in [2.45, 2.75) is 13.5 Å². The highest BCUT2D eigenvalue weighted by atomic mass is 16.3. The minimum Gasteiger partial charge on any atom is -0.504 e. The van der Waals surface area contributed by atoms with Gasteiger partial charge in [-0.25, -0.2) is 4.68 Å². The summed E-state index contributed by atoms with van der Waals surface area (Å²) in [6.45, 7) is 2.09. The molecular weight excluding hydrogens is 224 g/mol. The minimum atomic E-state index is -0.414. The zero-order chi connectivity index (χ0) is 12.7. The molecule has 0 unspecified atom stereocenters. The first kappa shape index (κ1) is 11.3. The number of benzene rings is 1. The van der Waals surface area contributed by atoms with Crippen molar-refractivity contribution < 1.29 is 10.2 Å². The third-order valence-electron chi connectivity index (χ3n) is 2.77. The summed E-state index contributed by atoms with van der Waals surface area (Å²) in [6.07, 6.45) is 0. The molecule has 6 nitrogen and oxygen atoms in total. The average Bonchev–Trinajstić information content (AvgIpc) is 2.30. The smallest absolute Gasteiger partial charge is 0.273 e. The van der Waals surface area contributed by atoms with Gasteiger partial charge in [-0.1, -0.05) is 0 Å². The fraction of sp³-hybridized carbons (Fsp3) is 0.273. The first-order valence-electron chi connectivity index (χ1n) is 5.13. The number of rotatable bonds is 1. The van der Waals surface area contributed by atoms with Crippen molar-refractivity contribution in [2.24, 2.45) is 7.05 Å². The quantitative estimate of drug-likeness (QED) is 0.689. The predicted molar refractivity (Wildman–Crippen MR) is 62.5 cm³/mol. The van der Waals surface area contributed by atoms with Crippen LogP contribution < -0.4 is 11.1 Å². The highest BCUT2D eigenvalue weighted by Gasteiger charge is 2.12. The van der Waals surface area contributed by atoms with E-state index < -0.39 is 17.1 Å². The van der Waals surface area contributed by atoms with Crippen LogP contribution in [0.5, 0.6) is 11.5 Å². The van der Waals surface area contributed by atoms with Gasteiger partial charge in [0.05, 0.1) is 10.8 Å². The predicted octanol–water partition coefficient (Wildman–Crippen LogP) is 0.131. The molecule has 0 saturated heterocycles. The summed E-state index contributed by atoms with van der Waals surface area (Å²) < 4.78 is 2.46. The van der Waals surface area contributed by atoms with Gasteiger partial charge in [0.25, 0.3) is 11.1 Å². The average molecular weight is 236 g/mol. The van der Waals surface area contributed by atoms with Crippen molar-refractivity contribution in [1.29, 1.82) is 0 Å². The third-order valence-corrected chi connectivity index (χ3v) is 2.77. The van der Waals surface area contributed by atoms with Gasteiger partial charge in [0.2, 0.25) is 0 Å². The Labute approximate surface area is 95.9 Å². The van der Waals surface area contributed by atoms with Crippen molar-refractivity contribution in [1.82, 2.24) is 9.36 Å². The van der Waals surface area contributed by atoms with Crippen LogP contribution in [0.15, 0.2) is 21.7 Å². The topological polar surface area (TPSA) is 84.5 Å². The van der Waals surface area contributed by atoms with Gasteiger partial charge in [-0.2, -0.15) is 0 Å². The van der Waals surface area contributed by atoms with Gasteiger partial charge < -0.3 is 10.2 Å². The van der Waals surface area contributed by atoms with Crippen molar-refractivity contribution in [3.8, 4) is 11.5 Å². The lowest BCUT2D eigenvalue weighted by atomic mass is 10.1. The summed E-state index contributed by atoms with van der Waals surface area (Å²) in [4.78, 5) is 23.9. The Morgan fingerprint density at radius 2 is 1.53 bits per heavy atom. The molecule has 2 rings (SSSR count). The molecule has 0 saturated carbocycles. The number of nitrogens with zero attached hydrogens (tertiary/aromatic N) is 2. The van der Waals surface area contributed by atoms with Crippen LogP contribution in [0.4, 0.5) is 0 Å². The van der Waals surface area contributed by atoms with E-state index in [0.29, 0.717) is 6.54 Å². The first-order chi connectivity index (χ1) is 7.97. The second-order valence-electron chi connectivity index (χ2n) is 3.74. The summed E-state index contributed by atoms with van der Waals surface area (Å²) >= 11 is 0. The molecule has 0 aliphatic rings. The van der Waals surface area contributed by atoms with Gasteiger partial charge in [0, 0.05) is 13.6 Å². The number of hydrogen-bond donors (Lipinski definition) is 2. The molecule has 2 aromatic rings. The normalized spacial score (nSPS) is 10.9. The second-order valence-corrected chi connectivity index (χ2v) is 3.74. The molecule has 0 radical (unpaired) electrons. The van der Waals surface area contributed by atoms with Crippen LogP contribution in [0.25, 0.3) is 10.8 Å². The standard InChI is InChI=1S/C11H12N2O4/c1-3-13-11(17)7-5-9(15)8(14)4-6(7)10(16)12(13)2/h4-5,14-15H,3H2,1-2H3. The number of phenols is 2. The van der Waals surface area contributed by atoms with Crippen molar-refractivity contribution in [3.05, 3.63) is 32.8 Å². The van der Waals surface area contributed by atoms with E-state index in [9.17, 15) is 19.8 Å². The number of phenolic OH excluding ortho intramolecular Hbond substituents is 2. The van der Waals surface area contributed by atoms with E-state index in [0.717, 1.165) is 12.1 Å². The highest BCUT2D eigenvalue weighted by molar-refractivity contribution is 5.84. The monoisotopic (exact) mass is 236 g/mol. The molecule has 1 aromatic heterocycles. The fourth-order valence-electron chi connectivity index (χ4n) is 1.85. The van der Waals surface area contributed by atoms with Gasteiger partial charge in [-0.3, -0.25) is 14.3 Å². The maximum Gasteiger partial charge on any atom is 0.273 e. The molecule has 90 valence electrons. The van der Waals surface area contributed by atoms with E-state index in [1.54, 1.807) is 6.92 Å². The summed E-state index contributed by atoms with van der Waals surface area (Å²) in [5.74, 6) is -0.825. The molecule has 6 heteroatoms. The maximum atomic E-state index is 12.0. The fourth-order valence-corrected chi connectivity index (χ4v) is 1.85. The molecule has 1 aromatic carbocycles. The van der Waals surface area contributed by atoms with E-state index in [1.165, 1.54) is 16.4 Å². The summed E-state index contributed by atoms with van der Waals surface area (Å²) in [5, 5.41) is 18.9. The lowest BCUT2D eigenvalue weighted by Gasteiger charge is -2.11. The van der Waals surface area contributed by atoms with Crippen LogP contribution >= 0.6 is 0 Å². The molecule has 0 bridgehead atoms. The Balaban J connectivity index is 3.10. The molecule has 1 heterocycles. The Hall–Kier alpha value is -2.24. The summed E-state index contributed by atoms with van der Waals surface area (Å²) in [5.41, 5.74) is -0.767. The van der Waals surface area contributed by atoms with Crippen molar-refractivity contribution in [3.63, 3.8) is 0 Å². The van der Waals surface area contributed by atoms with E-state index >= 15 is 0 Å². The van der Waals surface area contributed by atoms with Crippen LogP contribution in [0.2, 0.25) is 0 Å². The Morgan fingerprint density at radius 3 is 2.00 bits per heavy atom. The minimum absolute atomic E-state index is 0.0949. The first-order valence-corrected chi connectivity index (χ1v) is 5.13. The van der Waals surface area contributed by atoms with Crippen molar-refractivity contribution >= 4 is 10.8 Å². The summed E-state index contributed by atoms with van der Waals surface area (Å²) in [7, 11) is 1.48. The van der Waals surface area contributed by atoms with Crippen molar-refractivity contribution in [2.75, 3.05) is 0 Å². The Kier molecular flexibility index (Phi) is 2.42. The van der Waals surface area contributed by atoms with Crippen LogP contribution in [0.3, 0.4) is 0 Å². The van der Waals surface area contributed by atoms with Crippen LogP contribution in [-0.2, 0) is 13.6 Å². The van der Waals surface area contributed by atoms with Crippen LogP contribution in [0, 0.1) is 0 Å². The second kappa shape index (κ2) is 3.65. The molecule has 0 spiro atoms. The summed E-state index contributed by atoms with van der Waals surface area (Å²) in [6, 6.07) is 2.22. The number of hydrogen-bond acceptors (Lipinski definition) is 4. The van der Waals surface area contributed by atoms with Gasteiger partial charge in [-0.15, -0.1) is 0 Å². The molecule has 0 atom stereocenters. The number of fused-ring (bicyclic) bond motifs is 1. The SMILES string of the molecule is CCn1c(=O)c2cc(O)c(O)cc2c(=O)n1C. The van der Waals surface area contributed by atoms with Gasteiger partial charge in [0.1, 0.15) is 0 Å². The molecule has 0 fully saturated rings. The molecule has 0 amide bonds. The van der Waals surface area contributed by atoms with E-state index in [4.69, 9.17) is 0 Å². The highest BCUT2D eigenvalue weighted by Crippen LogP contribution is 2.26. The molecular formula is C11H12N2O4. The molecule has 2 N–H and O–H groups in total. The van der Waals surface area contributed by atoms with E-state index in [2.05, 4.69) is 0 Å². The molecule has 0 aliphatic heterocycles. The zero-order valence-electron chi connectivity index (χ0n) is 9.47. The van der Waals surface area contributed by atoms with Crippen LogP contribution in [0.1, 0.15) is 6.92 Å². The molecule has 0 aliphatic carbocycles. The largest absolute Gasteiger partial charge is 0.504 e.